The standard InChI is InChI=1S/C32H32F4N6O3S/c1-19(2)26-14-13-25(44-4)17-27(26)41-15-16-46-31(41)39-30(43)38-20(3)28(33)21-5-7-22(8-6-21)29-37-18-42(40-29)23-9-11-24(12-10-23)45-32(34,35)36/h5-14,17-20,28H,15-16H2,1-4H3,(H,38,43). The Hall–Kier alpha value is -4.59. The molecule has 1 N–H and O–H groups in total. The van der Waals surface area contributed by atoms with Crippen molar-refractivity contribution in [3.63, 3.8) is 0 Å². The van der Waals surface area contributed by atoms with Gasteiger partial charge in [-0.2, -0.15) is 4.99 Å². The second-order valence-corrected chi connectivity index (χ2v) is 11.9. The first-order valence-electron chi connectivity index (χ1n) is 14.4. The fraction of sp³-hybridized carbons (Fsp3) is 0.312. The Morgan fingerprint density at radius 2 is 1.72 bits per heavy atom. The number of amidine groups is 1. The molecule has 1 aliphatic heterocycles. The van der Waals surface area contributed by atoms with Gasteiger partial charge in [0.15, 0.2) is 11.0 Å². The molecule has 9 nitrogen and oxygen atoms in total. The number of thioether (sulfide) groups is 1. The molecule has 46 heavy (non-hydrogen) atoms. The van der Waals surface area contributed by atoms with Crippen molar-refractivity contribution in [2.24, 2.45) is 4.99 Å². The fourth-order valence-corrected chi connectivity index (χ4v) is 5.85. The number of halogens is 4. The lowest BCUT2D eigenvalue weighted by Gasteiger charge is -2.24. The maximum absolute atomic E-state index is 15.5. The topological polar surface area (TPSA) is 93.9 Å². The van der Waals surface area contributed by atoms with Crippen molar-refractivity contribution in [3.8, 4) is 28.6 Å². The summed E-state index contributed by atoms with van der Waals surface area (Å²) in [6, 6.07) is 16.0. The summed E-state index contributed by atoms with van der Waals surface area (Å²) >= 11 is 1.46. The zero-order chi connectivity index (χ0) is 33.0. The minimum absolute atomic E-state index is 0.245. The van der Waals surface area contributed by atoms with Gasteiger partial charge in [-0.05, 0) is 54.3 Å². The van der Waals surface area contributed by atoms with Crippen molar-refractivity contribution >= 4 is 28.6 Å². The average Bonchev–Trinajstić information content (AvgIpc) is 3.70. The van der Waals surface area contributed by atoms with Crippen LogP contribution in [0.1, 0.15) is 44.0 Å². The quantitative estimate of drug-likeness (QED) is 0.185. The van der Waals surface area contributed by atoms with E-state index in [4.69, 9.17) is 4.74 Å². The van der Waals surface area contributed by atoms with Crippen LogP contribution in [0, 0.1) is 0 Å². The van der Waals surface area contributed by atoms with Crippen LogP contribution in [0.5, 0.6) is 11.5 Å². The highest BCUT2D eigenvalue weighted by Gasteiger charge is 2.31. The van der Waals surface area contributed by atoms with Crippen molar-refractivity contribution in [2.75, 3.05) is 24.3 Å². The Labute approximate surface area is 267 Å². The summed E-state index contributed by atoms with van der Waals surface area (Å²) in [5.74, 6) is 1.69. The van der Waals surface area contributed by atoms with E-state index < -0.39 is 24.6 Å². The largest absolute Gasteiger partial charge is 0.573 e. The molecule has 2 heterocycles. The minimum Gasteiger partial charge on any atom is -0.497 e. The number of methoxy groups -OCH3 is 1. The van der Waals surface area contributed by atoms with Crippen molar-refractivity contribution in [1.29, 1.82) is 0 Å². The van der Waals surface area contributed by atoms with Crippen molar-refractivity contribution in [3.05, 3.63) is 84.2 Å². The molecule has 2 atom stereocenters. The van der Waals surface area contributed by atoms with E-state index in [1.54, 1.807) is 38.3 Å². The Morgan fingerprint density at radius 1 is 1.02 bits per heavy atom. The number of aliphatic imine (C=N–C) groups is 1. The summed E-state index contributed by atoms with van der Waals surface area (Å²) in [7, 11) is 1.61. The lowest BCUT2D eigenvalue weighted by Crippen LogP contribution is -2.35. The van der Waals surface area contributed by atoms with E-state index in [1.165, 1.54) is 47.0 Å². The second-order valence-electron chi connectivity index (χ2n) is 10.8. The summed E-state index contributed by atoms with van der Waals surface area (Å²) in [5, 5.41) is 7.56. The second kappa shape index (κ2) is 13.8. The third-order valence-electron chi connectivity index (χ3n) is 7.23. The van der Waals surface area contributed by atoms with Crippen LogP contribution < -0.4 is 19.7 Å². The van der Waals surface area contributed by atoms with Crippen LogP contribution in [-0.4, -0.2) is 57.8 Å². The molecule has 0 radical (unpaired) electrons. The molecule has 0 spiro atoms. The lowest BCUT2D eigenvalue weighted by atomic mass is 10.00. The number of hydrogen-bond acceptors (Lipinski definition) is 6. The number of nitrogens with zero attached hydrogens (tertiary/aromatic N) is 5. The fourth-order valence-electron chi connectivity index (χ4n) is 4.90. The van der Waals surface area contributed by atoms with Crippen LogP contribution in [0.4, 0.5) is 28.0 Å². The summed E-state index contributed by atoms with van der Waals surface area (Å²) < 4.78 is 63.4. The molecule has 4 aromatic rings. The van der Waals surface area contributed by atoms with Crippen LogP contribution in [0.15, 0.2) is 78.0 Å². The lowest BCUT2D eigenvalue weighted by molar-refractivity contribution is -0.274. The third kappa shape index (κ3) is 7.79. The van der Waals surface area contributed by atoms with Gasteiger partial charge in [-0.25, -0.2) is 18.9 Å². The van der Waals surface area contributed by atoms with Crippen LogP contribution in [0.3, 0.4) is 0 Å². The first kappa shape index (κ1) is 32.8. The molecule has 242 valence electrons. The maximum atomic E-state index is 15.5. The molecule has 1 saturated heterocycles. The SMILES string of the molecule is COc1ccc(C(C)C)c(N2CCSC2=NC(=O)NC(C)C(F)c2ccc(-c3ncn(-c4ccc(OC(F)(F)F)cc4)n3)cc2)c1. The van der Waals surface area contributed by atoms with Crippen molar-refractivity contribution in [2.45, 2.75) is 45.3 Å². The van der Waals surface area contributed by atoms with E-state index >= 15 is 4.39 Å². The number of alkyl halides is 4. The molecule has 0 saturated carbocycles. The van der Waals surface area contributed by atoms with E-state index in [-0.39, 0.29) is 11.7 Å². The molecule has 1 aliphatic rings. The van der Waals surface area contributed by atoms with E-state index in [1.807, 2.05) is 23.1 Å². The van der Waals surface area contributed by atoms with Crippen LogP contribution in [0.2, 0.25) is 0 Å². The Kier molecular flexibility index (Phi) is 9.85. The molecule has 14 heteroatoms. The molecule has 1 fully saturated rings. The molecule has 2 unspecified atom stereocenters. The van der Waals surface area contributed by atoms with Gasteiger partial charge in [-0.3, -0.25) is 0 Å². The van der Waals surface area contributed by atoms with Gasteiger partial charge in [0.1, 0.15) is 24.0 Å². The smallest absolute Gasteiger partial charge is 0.497 e. The summed E-state index contributed by atoms with van der Waals surface area (Å²) in [5.41, 5.74) is 3.46. The van der Waals surface area contributed by atoms with Gasteiger partial charge in [-0.15, -0.1) is 18.3 Å². The number of amides is 2. The number of nitrogens with one attached hydrogen (secondary N) is 1. The number of benzene rings is 3. The average molecular weight is 657 g/mol. The molecular weight excluding hydrogens is 624 g/mol. The number of ether oxygens (including phenoxy) is 2. The monoisotopic (exact) mass is 656 g/mol. The van der Waals surface area contributed by atoms with Gasteiger partial charge < -0.3 is 19.7 Å². The van der Waals surface area contributed by atoms with E-state index in [0.29, 0.717) is 40.1 Å². The number of hydrogen-bond donors (Lipinski definition) is 1. The van der Waals surface area contributed by atoms with Crippen molar-refractivity contribution in [1.82, 2.24) is 20.1 Å². The number of rotatable bonds is 9. The highest BCUT2D eigenvalue weighted by atomic mass is 32.2. The van der Waals surface area contributed by atoms with Crippen LogP contribution in [-0.2, 0) is 0 Å². The number of urea groups is 1. The predicted molar refractivity (Wildman–Crippen MR) is 170 cm³/mol. The van der Waals surface area contributed by atoms with Gasteiger partial charge in [0.25, 0.3) is 0 Å². The highest BCUT2D eigenvalue weighted by molar-refractivity contribution is 8.14. The zero-order valence-corrected chi connectivity index (χ0v) is 26.3. The molecule has 2 amide bonds. The molecule has 1 aromatic heterocycles. The van der Waals surface area contributed by atoms with Crippen LogP contribution >= 0.6 is 11.8 Å². The Balaban J connectivity index is 1.22. The van der Waals surface area contributed by atoms with Gasteiger partial charge in [0, 0.05) is 29.6 Å². The zero-order valence-electron chi connectivity index (χ0n) is 25.5. The van der Waals surface area contributed by atoms with E-state index in [2.05, 4.69) is 39.0 Å². The number of aromatic nitrogens is 3. The molecule has 0 aliphatic carbocycles. The summed E-state index contributed by atoms with van der Waals surface area (Å²) in [6.45, 7) is 6.44. The molecule has 0 bridgehead atoms. The summed E-state index contributed by atoms with van der Waals surface area (Å²) in [6.07, 6.45) is -4.88. The number of carbonyl (C=O) groups excluding carboxylic acids is 1. The van der Waals surface area contributed by atoms with Crippen LogP contribution in [0.25, 0.3) is 17.1 Å². The Morgan fingerprint density at radius 3 is 2.37 bits per heavy atom. The maximum Gasteiger partial charge on any atom is 0.573 e. The molecular formula is C32H32F4N6O3S. The van der Waals surface area contributed by atoms with Gasteiger partial charge in [0.2, 0.25) is 0 Å². The van der Waals surface area contributed by atoms with Gasteiger partial charge in [-0.1, -0.05) is 55.9 Å². The highest BCUT2D eigenvalue weighted by Crippen LogP contribution is 2.35. The molecule has 5 rings (SSSR count). The number of carbonyl (C=O) groups is 1. The van der Waals surface area contributed by atoms with E-state index in [9.17, 15) is 18.0 Å². The first-order valence-corrected chi connectivity index (χ1v) is 15.4. The predicted octanol–water partition coefficient (Wildman–Crippen LogP) is 7.68. The molecule has 3 aromatic carbocycles. The van der Waals surface area contributed by atoms with Gasteiger partial charge >= 0.3 is 12.4 Å². The third-order valence-corrected chi connectivity index (χ3v) is 8.19. The van der Waals surface area contributed by atoms with Crippen molar-refractivity contribution < 1.29 is 31.8 Å². The first-order chi connectivity index (χ1) is 21.9. The van der Waals surface area contributed by atoms with E-state index in [0.717, 1.165) is 17.0 Å². The normalized spacial score (nSPS) is 15.7. The van der Waals surface area contributed by atoms with Gasteiger partial charge in [0.05, 0.1) is 18.8 Å². The Bertz CT molecular complexity index is 1690. The number of anilines is 1. The minimum atomic E-state index is -4.78. The summed E-state index contributed by atoms with van der Waals surface area (Å²) in [4.78, 5) is 23.4.